The Morgan fingerprint density at radius 1 is 1.21 bits per heavy atom. The maximum atomic E-state index is 11.9. The summed E-state index contributed by atoms with van der Waals surface area (Å²) in [6.45, 7) is 0. The van der Waals surface area contributed by atoms with Gasteiger partial charge in [0.1, 0.15) is 5.00 Å². The van der Waals surface area contributed by atoms with Gasteiger partial charge >= 0.3 is 12.0 Å². The molecule has 0 aromatic carbocycles. The summed E-state index contributed by atoms with van der Waals surface area (Å²) in [4.78, 5) is 22.8. The number of hydrogen-bond acceptors (Lipinski definition) is 3. The number of amides is 2. The molecule has 0 spiro atoms. The number of carbonyl (C=O) groups is 2. The van der Waals surface area contributed by atoms with Crippen LogP contribution in [0.5, 0.6) is 0 Å². The molecule has 2 rings (SSSR count). The molecule has 0 saturated heterocycles. The monoisotopic (exact) mass is 282 g/mol. The molecule has 0 bridgehead atoms. The number of carboxylic acids is 1. The second-order valence-electron chi connectivity index (χ2n) is 4.76. The first kappa shape index (κ1) is 13.9. The summed E-state index contributed by atoms with van der Waals surface area (Å²) in [6, 6.07) is 1.39. The van der Waals surface area contributed by atoms with E-state index in [1.807, 2.05) is 0 Å². The zero-order valence-electron chi connectivity index (χ0n) is 10.6. The van der Waals surface area contributed by atoms with Crippen LogP contribution in [0.4, 0.5) is 9.80 Å². The number of urea groups is 1. The van der Waals surface area contributed by atoms with Crippen molar-refractivity contribution in [3.63, 3.8) is 0 Å². The van der Waals surface area contributed by atoms with Crippen molar-refractivity contribution in [3.05, 3.63) is 17.0 Å². The summed E-state index contributed by atoms with van der Waals surface area (Å²) in [7, 11) is 0. The summed E-state index contributed by atoms with van der Waals surface area (Å²) in [6.07, 6.45) is 6.75. The fraction of sp³-hybridized carbons (Fsp3) is 0.538. The van der Waals surface area contributed by atoms with Crippen molar-refractivity contribution in [2.45, 2.75) is 44.6 Å². The van der Waals surface area contributed by atoms with Crippen molar-refractivity contribution < 1.29 is 14.7 Å². The lowest BCUT2D eigenvalue weighted by Gasteiger charge is -2.16. The molecule has 6 heteroatoms. The molecule has 1 aliphatic rings. The first-order valence-electron chi connectivity index (χ1n) is 6.55. The third-order valence-electron chi connectivity index (χ3n) is 3.31. The minimum atomic E-state index is -1.02. The van der Waals surface area contributed by atoms with Crippen LogP contribution in [0.15, 0.2) is 11.4 Å². The van der Waals surface area contributed by atoms with Crippen molar-refractivity contribution in [3.8, 4) is 0 Å². The van der Waals surface area contributed by atoms with E-state index in [0.717, 1.165) is 25.7 Å². The minimum absolute atomic E-state index is 0.140. The van der Waals surface area contributed by atoms with Gasteiger partial charge < -0.3 is 10.4 Å². The third kappa shape index (κ3) is 3.96. The van der Waals surface area contributed by atoms with E-state index in [4.69, 9.17) is 5.11 Å². The number of aromatic carboxylic acids is 1. The van der Waals surface area contributed by atoms with Gasteiger partial charge in [-0.1, -0.05) is 25.7 Å². The van der Waals surface area contributed by atoms with Gasteiger partial charge in [-0.25, -0.2) is 9.59 Å². The molecular formula is C13H18N2O3S. The molecule has 0 aliphatic heterocycles. The van der Waals surface area contributed by atoms with Crippen LogP contribution in [0.25, 0.3) is 0 Å². The van der Waals surface area contributed by atoms with E-state index >= 15 is 0 Å². The molecule has 0 unspecified atom stereocenters. The first-order chi connectivity index (χ1) is 9.16. The fourth-order valence-corrected chi connectivity index (χ4v) is 3.10. The maximum Gasteiger partial charge on any atom is 0.338 e. The number of nitrogens with one attached hydrogen (secondary N) is 2. The smallest absolute Gasteiger partial charge is 0.338 e. The van der Waals surface area contributed by atoms with E-state index in [-0.39, 0.29) is 17.6 Å². The Labute approximate surface area is 116 Å². The molecule has 1 aromatic rings. The lowest BCUT2D eigenvalue weighted by molar-refractivity contribution is 0.0698. The van der Waals surface area contributed by atoms with Crippen molar-refractivity contribution in [1.29, 1.82) is 0 Å². The van der Waals surface area contributed by atoms with E-state index < -0.39 is 5.97 Å². The van der Waals surface area contributed by atoms with Gasteiger partial charge in [-0.15, -0.1) is 11.3 Å². The second-order valence-corrected chi connectivity index (χ2v) is 5.67. The average Bonchev–Trinajstić information content (AvgIpc) is 2.66. The van der Waals surface area contributed by atoms with Crippen LogP contribution in [0.3, 0.4) is 0 Å². The van der Waals surface area contributed by atoms with E-state index in [1.54, 1.807) is 5.38 Å². The number of anilines is 1. The van der Waals surface area contributed by atoms with E-state index in [0.29, 0.717) is 5.00 Å². The van der Waals surface area contributed by atoms with E-state index in [1.165, 1.54) is 30.2 Å². The van der Waals surface area contributed by atoms with Crippen LogP contribution < -0.4 is 10.6 Å². The average molecular weight is 282 g/mol. The van der Waals surface area contributed by atoms with Crippen LogP contribution in [0.2, 0.25) is 0 Å². The Kier molecular flexibility index (Phi) is 4.79. The van der Waals surface area contributed by atoms with Crippen LogP contribution >= 0.6 is 11.3 Å². The van der Waals surface area contributed by atoms with Crippen molar-refractivity contribution >= 4 is 28.3 Å². The molecule has 1 fully saturated rings. The molecule has 3 N–H and O–H groups in total. The highest BCUT2D eigenvalue weighted by molar-refractivity contribution is 7.14. The molecule has 5 nitrogen and oxygen atoms in total. The molecule has 1 aliphatic carbocycles. The van der Waals surface area contributed by atoms with Crippen LogP contribution in [-0.2, 0) is 0 Å². The predicted molar refractivity (Wildman–Crippen MR) is 74.9 cm³/mol. The molecular weight excluding hydrogens is 264 g/mol. The molecule has 1 aromatic heterocycles. The van der Waals surface area contributed by atoms with Crippen molar-refractivity contribution in [2.75, 3.05) is 5.32 Å². The van der Waals surface area contributed by atoms with Gasteiger partial charge in [-0.05, 0) is 24.3 Å². The maximum absolute atomic E-state index is 11.9. The molecule has 1 saturated carbocycles. The molecule has 104 valence electrons. The fourth-order valence-electron chi connectivity index (χ4n) is 2.32. The van der Waals surface area contributed by atoms with E-state index in [2.05, 4.69) is 10.6 Å². The summed E-state index contributed by atoms with van der Waals surface area (Å²) in [5.74, 6) is -1.02. The highest BCUT2D eigenvalue weighted by Gasteiger charge is 2.17. The highest BCUT2D eigenvalue weighted by Crippen LogP contribution is 2.23. The Bertz CT molecular complexity index is 450. The third-order valence-corrected chi connectivity index (χ3v) is 4.14. The summed E-state index contributed by atoms with van der Waals surface area (Å²) in [5.41, 5.74) is 0.140. The van der Waals surface area contributed by atoms with Gasteiger partial charge in [-0.2, -0.15) is 0 Å². The number of rotatable bonds is 3. The zero-order valence-corrected chi connectivity index (χ0v) is 11.5. The lowest BCUT2D eigenvalue weighted by atomic mass is 10.1. The van der Waals surface area contributed by atoms with Crippen molar-refractivity contribution in [1.82, 2.24) is 5.32 Å². The number of carbonyl (C=O) groups excluding carboxylic acids is 1. The highest BCUT2D eigenvalue weighted by atomic mass is 32.1. The number of thiophene rings is 1. The standard InChI is InChI=1S/C13H18N2O3S/c16-12(17)10-7-8-19-11(10)15-13(18)14-9-5-3-1-2-4-6-9/h7-9H,1-6H2,(H,16,17)(H2,14,15,18). The van der Waals surface area contributed by atoms with Crippen LogP contribution in [0, 0.1) is 0 Å². The minimum Gasteiger partial charge on any atom is -0.478 e. The lowest BCUT2D eigenvalue weighted by Crippen LogP contribution is -2.37. The van der Waals surface area contributed by atoms with Crippen LogP contribution in [-0.4, -0.2) is 23.1 Å². The van der Waals surface area contributed by atoms with Crippen molar-refractivity contribution in [2.24, 2.45) is 0 Å². The topological polar surface area (TPSA) is 78.4 Å². The molecule has 2 amide bonds. The summed E-state index contributed by atoms with van der Waals surface area (Å²) >= 11 is 1.22. The second kappa shape index (κ2) is 6.56. The quantitative estimate of drug-likeness (QED) is 0.744. The van der Waals surface area contributed by atoms with Gasteiger partial charge in [0.05, 0.1) is 5.56 Å². The number of hydrogen-bond donors (Lipinski definition) is 3. The van der Waals surface area contributed by atoms with Gasteiger partial charge in [0.2, 0.25) is 0 Å². The molecule has 19 heavy (non-hydrogen) atoms. The largest absolute Gasteiger partial charge is 0.478 e. The SMILES string of the molecule is O=C(Nc1sccc1C(=O)O)NC1CCCCCC1. The van der Waals surface area contributed by atoms with Crippen LogP contribution in [0.1, 0.15) is 48.9 Å². The molecule has 0 radical (unpaired) electrons. The normalized spacial score (nSPS) is 16.6. The zero-order chi connectivity index (χ0) is 13.7. The summed E-state index contributed by atoms with van der Waals surface area (Å²) < 4.78 is 0. The Morgan fingerprint density at radius 2 is 1.89 bits per heavy atom. The Hall–Kier alpha value is -1.56. The van der Waals surface area contributed by atoms with Gasteiger partial charge in [-0.3, -0.25) is 5.32 Å². The van der Waals surface area contributed by atoms with Gasteiger partial charge in [0.25, 0.3) is 0 Å². The Morgan fingerprint density at radius 3 is 2.53 bits per heavy atom. The number of carboxylic acid groups (broad SMARTS) is 1. The van der Waals surface area contributed by atoms with E-state index in [9.17, 15) is 9.59 Å². The first-order valence-corrected chi connectivity index (χ1v) is 7.43. The predicted octanol–water partition coefficient (Wildman–Crippen LogP) is 3.29. The molecule has 0 atom stereocenters. The van der Waals surface area contributed by atoms with Gasteiger partial charge in [0.15, 0.2) is 0 Å². The summed E-state index contributed by atoms with van der Waals surface area (Å²) in [5, 5.41) is 16.6. The van der Waals surface area contributed by atoms with Gasteiger partial charge in [0, 0.05) is 6.04 Å². The Balaban J connectivity index is 1.89. The molecule has 1 heterocycles.